The molecule has 76 valence electrons. The Morgan fingerprint density at radius 2 is 2.00 bits per heavy atom. The van der Waals surface area contributed by atoms with Crippen molar-refractivity contribution in [3.05, 3.63) is 29.8 Å². The Labute approximate surface area is 83.3 Å². The quantitative estimate of drug-likeness (QED) is 0.788. The summed E-state index contributed by atoms with van der Waals surface area (Å²) in [5, 5.41) is 9.94. The van der Waals surface area contributed by atoms with Crippen molar-refractivity contribution >= 4 is 0 Å². The molecule has 3 nitrogen and oxygen atoms in total. The summed E-state index contributed by atoms with van der Waals surface area (Å²) in [6.07, 6.45) is 0. The van der Waals surface area contributed by atoms with Crippen LogP contribution in [0.15, 0.2) is 24.3 Å². The molecule has 1 N–H and O–H groups in total. The van der Waals surface area contributed by atoms with Crippen LogP contribution in [0, 0.1) is 0 Å². The third-order valence-corrected chi connectivity index (χ3v) is 2.38. The van der Waals surface area contributed by atoms with Gasteiger partial charge in [0, 0.05) is 0 Å². The molecule has 0 radical (unpaired) electrons. The summed E-state index contributed by atoms with van der Waals surface area (Å²) in [6.45, 7) is 3.38. The summed E-state index contributed by atoms with van der Waals surface area (Å²) in [5.74, 6) is 0.833. The minimum Gasteiger partial charge on any atom is -0.494 e. The smallest absolute Gasteiger partial charge is 0.136 e. The number of benzene rings is 1. The average molecular weight is 194 g/mol. The first kappa shape index (κ1) is 9.49. The Morgan fingerprint density at radius 1 is 1.36 bits per heavy atom. The lowest BCUT2D eigenvalue weighted by Gasteiger charge is -2.36. The molecule has 0 bridgehead atoms. The predicted molar refractivity (Wildman–Crippen MR) is 52.3 cm³/mol. The highest BCUT2D eigenvalue weighted by atomic mass is 16.5. The number of rotatable bonds is 3. The van der Waals surface area contributed by atoms with Crippen LogP contribution in [0.5, 0.6) is 5.75 Å². The molecule has 1 aliphatic heterocycles. The molecule has 1 saturated heterocycles. The van der Waals surface area contributed by atoms with Crippen LogP contribution >= 0.6 is 0 Å². The van der Waals surface area contributed by atoms with E-state index < -0.39 is 5.60 Å². The van der Waals surface area contributed by atoms with Gasteiger partial charge in [-0.05, 0) is 24.6 Å². The van der Waals surface area contributed by atoms with Gasteiger partial charge in [0.1, 0.15) is 11.4 Å². The fourth-order valence-corrected chi connectivity index (χ4v) is 1.49. The van der Waals surface area contributed by atoms with Gasteiger partial charge in [0.25, 0.3) is 0 Å². The van der Waals surface area contributed by atoms with Crippen molar-refractivity contribution in [3.63, 3.8) is 0 Å². The van der Waals surface area contributed by atoms with Gasteiger partial charge < -0.3 is 14.6 Å². The molecule has 0 aromatic heterocycles. The lowest BCUT2D eigenvalue weighted by Crippen LogP contribution is -2.46. The van der Waals surface area contributed by atoms with Gasteiger partial charge in [-0.15, -0.1) is 0 Å². The molecule has 0 saturated carbocycles. The standard InChI is InChI=1S/C11H14O3/c1-2-14-10-5-3-9(4-6-10)11(12)7-13-8-11/h3-6,12H,2,7-8H2,1H3. The Bertz CT molecular complexity index is 301. The second kappa shape index (κ2) is 3.59. The van der Waals surface area contributed by atoms with E-state index in [-0.39, 0.29) is 0 Å². The van der Waals surface area contributed by atoms with Gasteiger partial charge in [-0.3, -0.25) is 0 Å². The first-order chi connectivity index (χ1) is 6.74. The molecule has 1 aromatic rings. The van der Waals surface area contributed by atoms with E-state index in [2.05, 4.69) is 0 Å². The van der Waals surface area contributed by atoms with Crippen LogP contribution in [0.3, 0.4) is 0 Å². The van der Waals surface area contributed by atoms with Gasteiger partial charge in [-0.25, -0.2) is 0 Å². The lowest BCUT2D eigenvalue weighted by atomic mass is 9.92. The van der Waals surface area contributed by atoms with E-state index in [1.165, 1.54) is 0 Å². The van der Waals surface area contributed by atoms with Gasteiger partial charge >= 0.3 is 0 Å². The fourth-order valence-electron chi connectivity index (χ4n) is 1.49. The predicted octanol–water partition coefficient (Wildman–Crippen LogP) is 1.30. The van der Waals surface area contributed by atoms with Crippen molar-refractivity contribution in [2.75, 3.05) is 19.8 Å². The van der Waals surface area contributed by atoms with Gasteiger partial charge in [-0.2, -0.15) is 0 Å². The minimum absolute atomic E-state index is 0.390. The van der Waals surface area contributed by atoms with Crippen LogP contribution in [0.25, 0.3) is 0 Å². The molecule has 3 heteroatoms. The van der Waals surface area contributed by atoms with E-state index in [4.69, 9.17) is 9.47 Å². The molecule has 1 aromatic carbocycles. The van der Waals surface area contributed by atoms with E-state index in [0.717, 1.165) is 11.3 Å². The molecule has 0 spiro atoms. The van der Waals surface area contributed by atoms with Crippen LogP contribution in [-0.2, 0) is 10.3 Å². The zero-order valence-corrected chi connectivity index (χ0v) is 8.19. The molecular weight excluding hydrogens is 180 g/mol. The van der Waals surface area contributed by atoms with Crippen LogP contribution in [0.4, 0.5) is 0 Å². The molecule has 0 aliphatic carbocycles. The highest BCUT2D eigenvalue weighted by Gasteiger charge is 2.37. The maximum Gasteiger partial charge on any atom is 0.136 e. The van der Waals surface area contributed by atoms with Gasteiger partial charge in [-0.1, -0.05) is 12.1 Å². The monoisotopic (exact) mass is 194 g/mol. The van der Waals surface area contributed by atoms with Crippen molar-refractivity contribution in [2.45, 2.75) is 12.5 Å². The summed E-state index contributed by atoms with van der Waals surface area (Å²) in [5.41, 5.74) is 0.122. The number of ether oxygens (including phenoxy) is 2. The first-order valence-electron chi connectivity index (χ1n) is 4.78. The average Bonchev–Trinajstić information content (AvgIpc) is 2.16. The second-order valence-electron chi connectivity index (χ2n) is 3.48. The molecule has 0 amide bonds. The summed E-state index contributed by atoms with van der Waals surface area (Å²) >= 11 is 0. The van der Waals surface area contributed by atoms with Crippen molar-refractivity contribution in [3.8, 4) is 5.75 Å². The lowest BCUT2D eigenvalue weighted by molar-refractivity contribution is -0.184. The Morgan fingerprint density at radius 3 is 2.43 bits per heavy atom. The molecule has 0 atom stereocenters. The highest BCUT2D eigenvalue weighted by Crippen LogP contribution is 2.30. The van der Waals surface area contributed by atoms with Gasteiger partial charge in [0.2, 0.25) is 0 Å². The zero-order valence-electron chi connectivity index (χ0n) is 8.19. The van der Waals surface area contributed by atoms with Crippen molar-refractivity contribution in [1.29, 1.82) is 0 Å². The Balaban J connectivity index is 2.13. The van der Waals surface area contributed by atoms with E-state index >= 15 is 0 Å². The van der Waals surface area contributed by atoms with Gasteiger partial charge in [0.15, 0.2) is 0 Å². The Kier molecular flexibility index (Phi) is 2.44. The molecule has 1 heterocycles. The zero-order chi connectivity index (χ0) is 10.0. The van der Waals surface area contributed by atoms with Crippen LogP contribution in [-0.4, -0.2) is 24.9 Å². The molecule has 14 heavy (non-hydrogen) atoms. The normalized spacial score (nSPS) is 18.7. The summed E-state index contributed by atoms with van der Waals surface area (Å²) in [7, 11) is 0. The third kappa shape index (κ3) is 1.61. The van der Waals surface area contributed by atoms with E-state index in [9.17, 15) is 5.11 Å². The molecule has 0 unspecified atom stereocenters. The SMILES string of the molecule is CCOc1ccc(C2(O)COC2)cc1. The molecule has 1 fully saturated rings. The summed E-state index contributed by atoms with van der Waals surface area (Å²) in [4.78, 5) is 0. The summed E-state index contributed by atoms with van der Waals surface area (Å²) in [6, 6.07) is 7.51. The van der Waals surface area contributed by atoms with Crippen LogP contribution in [0.1, 0.15) is 12.5 Å². The molecule has 1 aliphatic rings. The first-order valence-corrected chi connectivity index (χ1v) is 4.78. The topological polar surface area (TPSA) is 38.7 Å². The van der Waals surface area contributed by atoms with Crippen LogP contribution in [0.2, 0.25) is 0 Å². The van der Waals surface area contributed by atoms with Crippen molar-refractivity contribution in [1.82, 2.24) is 0 Å². The van der Waals surface area contributed by atoms with E-state index in [1.807, 2.05) is 31.2 Å². The van der Waals surface area contributed by atoms with Crippen molar-refractivity contribution in [2.24, 2.45) is 0 Å². The highest BCUT2D eigenvalue weighted by molar-refractivity contribution is 5.31. The maximum atomic E-state index is 9.94. The van der Waals surface area contributed by atoms with Gasteiger partial charge in [0.05, 0.1) is 19.8 Å². The molecular formula is C11H14O3. The Hall–Kier alpha value is -1.06. The summed E-state index contributed by atoms with van der Waals surface area (Å²) < 4.78 is 10.3. The number of hydrogen-bond acceptors (Lipinski definition) is 3. The number of hydrogen-bond donors (Lipinski definition) is 1. The third-order valence-electron chi connectivity index (χ3n) is 2.38. The largest absolute Gasteiger partial charge is 0.494 e. The molecule has 2 rings (SSSR count). The fraction of sp³-hybridized carbons (Fsp3) is 0.455. The minimum atomic E-state index is -0.773. The maximum absolute atomic E-state index is 9.94. The second-order valence-corrected chi connectivity index (χ2v) is 3.48. The number of aliphatic hydroxyl groups is 1. The van der Waals surface area contributed by atoms with E-state index in [1.54, 1.807) is 0 Å². The van der Waals surface area contributed by atoms with E-state index in [0.29, 0.717) is 19.8 Å². The van der Waals surface area contributed by atoms with Crippen molar-refractivity contribution < 1.29 is 14.6 Å². The van der Waals surface area contributed by atoms with Crippen LogP contribution < -0.4 is 4.74 Å².